The molecule has 1 atom stereocenters. The van der Waals surface area contributed by atoms with Gasteiger partial charge in [-0.05, 0) is 49.7 Å². The molecule has 0 radical (unpaired) electrons. The van der Waals surface area contributed by atoms with E-state index in [2.05, 4.69) is 15.3 Å². The van der Waals surface area contributed by atoms with E-state index in [0.717, 1.165) is 37.3 Å². The first-order chi connectivity index (χ1) is 14.7. The molecule has 1 unspecified atom stereocenters. The van der Waals surface area contributed by atoms with Gasteiger partial charge in [-0.1, -0.05) is 36.8 Å². The van der Waals surface area contributed by atoms with Crippen LogP contribution in [0.5, 0.6) is 0 Å². The van der Waals surface area contributed by atoms with Crippen LogP contribution in [0.4, 0.5) is 0 Å². The third-order valence-corrected chi connectivity index (χ3v) is 5.43. The van der Waals surface area contributed by atoms with Crippen molar-refractivity contribution in [2.45, 2.75) is 31.8 Å². The number of furan rings is 1. The quantitative estimate of drug-likeness (QED) is 0.653. The van der Waals surface area contributed by atoms with E-state index in [4.69, 9.17) is 4.42 Å². The van der Waals surface area contributed by atoms with E-state index >= 15 is 0 Å². The summed E-state index contributed by atoms with van der Waals surface area (Å²) in [6.07, 6.45) is 5.20. The molecule has 0 bridgehead atoms. The van der Waals surface area contributed by atoms with Gasteiger partial charge in [-0.15, -0.1) is 0 Å². The molecular formula is C23H26N4O3. The van der Waals surface area contributed by atoms with Crippen molar-refractivity contribution < 1.29 is 9.21 Å². The number of aromatic nitrogens is 2. The summed E-state index contributed by atoms with van der Waals surface area (Å²) >= 11 is 0. The Kier molecular flexibility index (Phi) is 6.39. The lowest BCUT2D eigenvalue weighted by Crippen LogP contribution is -2.41. The molecule has 1 aliphatic heterocycles. The van der Waals surface area contributed by atoms with Crippen LogP contribution in [0.1, 0.15) is 47.1 Å². The van der Waals surface area contributed by atoms with Crippen molar-refractivity contribution >= 4 is 5.91 Å². The van der Waals surface area contributed by atoms with Gasteiger partial charge in [0, 0.05) is 12.6 Å². The summed E-state index contributed by atoms with van der Waals surface area (Å²) in [4.78, 5) is 27.3. The molecule has 3 heterocycles. The van der Waals surface area contributed by atoms with Crippen LogP contribution >= 0.6 is 0 Å². The summed E-state index contributed by atoms with van der Waals surface area (Å²) in [6.45, 7) is 2.72. The van der Waals surface area contributed by atoms with Crippen molar-refractivity contribution in [3.05, 3.63) is 88.2 Å². The SMILES string of the molecule is O=C(NCC(c1ccco1)N1CCCCC1)c1ccc(=O)n(Cc2ccccc2)n1. The normalized spacial score (nSPS) is 15.6. The van der Waals surface area contributed by atoms with Crippen molar-refractivity contribution in [1.29, 1.82) is 0 Å². The highest BCUT2D eigenvalue weighted by Crippen LogP contribution is 2.24. The van der Waals surface area contributed by atoms with E-state index in [1.165, 1.54) is 23.2 Å². The molecule has 1 N–H and O–H groups in total. The van der Waals surface area contributed by atoms with Gasteiger partial charge in [0.1, 0.15) is 11.5 Å². The van der Waals surface area contributed by atoms with Gasteiger partial charge >= 0.3 is 0 Å². The summed E-state index contributed by atoms with van der Waals surface area (Å²) in [7, 11) is 0. The highest BCUT2D eigenvalue weighted by atomic mass is 16.3. The topological polar surface area (TPSA) is 80.4 Å². The first-order valence-corrected chi connectivity index (χ1v) is 10.4. The van der Waals surface area contributed by atoms with Gasteiger partial charge in [-0.3, -0.25) is 14.5 Å². The second kappa shape index (κ2) is 9.54. The van der Waals surface area contributed by atoms with Crippen molar-refractivity contribution in [3.8, 4) is 0 Å². The number of nitrogens with zero attached hydrogens (tertiary/aromatic N) is 3. The van der Waals surface area contributed by atoms with Crippen molar-refractivity contribution in [1.82, 2.24) is 20.0 Å². The third kappa shape index (κ3) is 4.86. The molecule has 3 aromatic rings. The number of piperidine rings is 1. The molecule has 1 aromatic carbocycles. The lowest BCUT2D eigenvalue weighted by Gasteiger charge is -2.33. The highest BCUT2D eigenvalue weighted by Gasteiger charge is 2.25. The first kappa shape index (κ1) is 20.1. The monoisotopic (exact) mass is 406 g/mol. The Labute approximate surface area is 175 Å². The maximum Gasteiger partial charge on any atom is 0.271 e. The van der Waals surface area contributed by atoms with Crippen LogP contribution in [0.25, 0.3) is 0 Å². The van der Waals surface area contributed by atoms with E-state index in [9.17, 15) is 9.59 Å². The smallest absolute Gasteiger partial charge is 0.271 e. The minimum atomic E-state index is -0.301. The standard InChI is InChI=1S/C23H26N4O3/c28-22-12-11-19(25-27(22)17-18-8-3-1-4-9-18)23(29)24-16-20(21-10-7-15-30-21)26-13-5-2-6-14-26/h1,3-4,7-12,15,20H,2,5-6,13-14,16-17H2,(H,24,29). The molecule has 1 saturated heterocycles. The van der Waals surface area contributed by atoms with Gasteiger partial charge < -0.3 is 9.73 Å². The van der Waals surface area contributed by atoms with Gasteiger partial charge in [0.25, 0.3) is 11.5 Å². The maximum absolute atomic E-state index is 12.8. The Bertz CT molecular complexity index is 1010. The lowest BCUT2D eigenvalue weighted by atomic mass is 10.1. The second-order valence-electron chi connectivity index (χ2n) is 7.54. The molecule has 156 valence electrons. The Morgan fingerprint density at radius 2 is 1.83 bits per heavy atom. The number of hydrogen-bond donors (Lipinski definition) is 1. The van der Waals surface area contributed by atoms with Crippen LogP contribution in [-0.2, 0) is 6.54 Å². The molecule has 0 aliphatic carbocycles. The van der Waals surface area contributed by atoms with E-state index in [-0.39, 0.29) is 23.2 Å². The summed E-state index contributed by atoms with van der Waals surface area (Å²) < 4.78 is 6.95. The minimum Gasteiger partial charge on any atom is -0.468 e. The largest absolute Gasteiger partial charge is 0.468 e. The molecule has 0 spiro atoms. The zero-order chi connectivity index (χ0) is 20.8. The number of benzene rings is 1. The number of hydrogen-bond acceptors (Lipinski definition) is 5. The summed E-state index contributed by atoms with van der Waals surface area (Å²) in [5.74, 6) is 0.546. The highest BCUT2D eigenvalue weighted by molar-refractivity contribution is 5.92. The maximum atomic E-state index is 12.8. The first-order valence-electron chi connectivity index (χ1n) is 10.4. The van der Waals surface area contributed by atoms with E-state index < -0.39 is 0 Å². The predicted molar refractivity (Wildman–Crippen MR) is 113 cm³/mol. The molecule has 30 heavy (non-hydrogen) atoms. The number of carbonyl (C=O) groups excluding carboxylic acids is 1. The number of amides is 1. The fourth-order valence-electron chi connectivity index (χ4n) is 3.84. The second-order valence-corrected chi connectivity index (χ2v) is 7.54. The fourth-order valence-corrected chi connectivity index (χ4v) is 3.84. The Balaban J connectivity index is 1.46. The Morgan fingerprint density at radius 3 is 2.57 bits per heavy atom. The molecule has 0 saturated carbocycles. The molecular weight excluding hydrogens is 380 g/mol. The summed E-state index contributed by atoms with van der Waals surface area (Å²) in [5.41, 5.74) is 0.937. The van der Waals surface area contributed by atoms with Crippen LogP contribution in [-0.4, -0.2) is 40.2 Å². The van der Waals surface area contributed by atoms with E-state index in [1.54, 1.807) is 6.26 Å². The summed E-state index contributed by atoms with van der Waals surface area (Å²) in [5, 5.41) is 7.25. The molecule has 7 heteroatoms. The van der Waals surface area contributed by atoms with E-state index in [1.807, 2.05) is 42.5 Å². The average molecular weight is 406 g/mol. The van der Waals surface area contributed by atoms with Crippen molar-refractivity contribution in [2.24, 2.45) is 0 Å². The van der Waals surface area contributed by atoms with Gasteiger partial charge in [-0.2, -0.15) is 5.10 Å². The number of rotatable bonds is 7. The van der Waals surface area contributed by atoms with Crippen LogP contribution < -0.4 is 10.9 Å². The molecule has 2 aromatic heterocycles. The zero-order valence-electron chi connectivity index (χ0n) is 16.9. The van der Waals surface area contributed by atoms with Crippen molar-refractivity contribution in [3.63, 3.8) is 0 Å². The van der Waals surface area contributed by atoms with Crippen molar-refractivity contribution in [2.75, 3.05) is 19.6 Å². The predicted octanol–water partition coefficient (Wildman–Crippen LogP) is 2.84. The molecule has 1 aliphatic rings. The van der Waals surface area contributed by atoms with Crippen LogP contribution in [0.3, 0.4) is 0 Å². The van der Waals surface area contributed by atoms with Gasteiger partial charge in [0.05, 0.1) is 18.8 Å². The lowest BCUT2D eigenvalue weighted by molar-refractivity contribution is 0.0907. The van der Waals surface area contributed by atoms with Crippen LogP contribution in [0.2, 0.25) is 0 Å². The fraction of sp³-hybridized carbons (Fsp3) is 0.348. The zero-order valence-corrected chi connectivity index (χ0v) is 16.9. The molecule has 7 nitrogen and oxygen atoms in total. The average Bonchev–Trinajstić information content (AvgIpc) is 3.31. The van der Waals surface area contributed by atoms with Gasteiger partial charge in [-0.25, -0.2) is 4.68 Å². The Hall–Kier alpha value is -3.19. The number of likely N-dealkylation sites (tertiary alicyclic amines) is 1. The number of carbonyl (C=O) groups is 1. The molecule has 1 amide bonds. The van der Waals surface area contributed by atoms with Gasteiger partial charge in [0.2, 0.25) is 0 Å². The minimum absolute atomic E-state index is 0.0144. The molecule has 4 rings (SSSR count). The van der Waals surface area contributed by atoms with Crippen LogP contribution in [0, 0.1) is 0 Å². The number of nitrogens with one attached hydrogen (secondary N) is 1. The summed E-state index contributed by atoms with van der Waals surface area (Å²) in [6, 6.07) is 16.3. The third-order valence-electron chi connectivity index (χ3n) is 5.43. The van der Waals surface area contributed by atoms with Crippen LogP contribution in [0.15, 0.2) is 70.1 Å². The molecule has 1 fully saturated rings. The van der Waals surface area contributed by atoms with Gasteiger partial charge in [0.15, 0.2) is 0 Å². The Morgan fingerprint density at radius 1 is 1.03 bits per heavy atom. The van der Waals surface area contributed by atoms with E-state index in [0.29, 0.717) is 13.1 Å².